The average Bonchev–Trinajstić information content (AvgIpc) is 2.71. The van der Waals surface area contributed by atoms with E-state index >= 15 is 0 Å². The van der Waals surface area contributed by atoms with Crippen molar-refractivity contribution in [2.45, 2.75) is 13.0 Å². The van der Waals surface area contributed by atoms with Gasteiger partial charge in [-0.1, -0.05) is 0 Å². The number of hydrogen-bond donors (Lipinski definition) is 2. The maximum atomic E-state index is 11.7. The highest BCUT2D eigenvalue weighted by atomic mass is 16.6. The molecule has 2 N–H and O–H groups in total. The molecule has 0 spiro atoms. The second kappa shape index (κ2) is 6.69. The van der Waals surface area contributed by atoms with Crippen LogP contribution in [0, 0.1) is 10.1 Å². The highest BCUT2D eigenvalue weighted by Gasteiger charge is 2.23. The van der Waals surface area contributed by atoms with Crippen molar-refractivity contribution in [2.75, 3.05) is 25.6 Å². The van der Waals surface area contributed by atoms with Crippen molar-refractivity contribution in [3.05, 3.63) is 16.4 Å². The number of carbonyl (C=O) groups excluding carboxylic acids is 1. The summed E-state index contributed by atoms with van der Waals surface area (Å²) >= 11 is 0. The van der Waals surface area contributed by atoms with Crippen molar-refractivity contribution in [3.63, 3.8) is 0 Å². The molecular formula is C10H17N5O4. The van der Waals surface area contributed by atoms with Gasteiger partial charge in [0.2, 0.25) is 18.1 Å². The van der Waals surface area contributed by atoms with Crippen molar-refractivity contribution >= 4 is 17.5 Å². The third kappa shape index (κ3) is 3.91. The molecular weight excluding hydrogens is 254 g/mol. The number of imidazole rings is 1. The number of anilines is 1. The maximum absolute atomic E-state index is 11.7. The molecule has 0 bridgehead atoms. The lowest BCUT2D eigenvalue weighted by Crippen LogP contribution is -2.39. The highest BCUT2D eigenvalue weighted by Crippen LogP contribution is 2.21. The molecule has 0 aliphatic rings. The van der Waals surface area contributed by atoms with E-state index in [4.69, 9.17) is 4.74 Å². The minimum atomic E-state index is -0.619. The molecule has 1 rings (SSSR count). The van der Waals surface area contributed by atoms with Gasteiger partial charge in [0.05, 0.1) is 6.61 Å². The summed E-state index contributed by atoms with van der Waals surface area (Å²) in [5.41, 5.74) is 0. The van der Waals surface area contributed by atoms with E-state index in [2.05, 4.69) is 15.6 Å². The number of aryl methyl sites for hydroxylation is 1. The maximum Gasteiger partial charge on any atom is 0.406 e. The zero-order valence-corrected chi connectivity index (χ0v) is 11.0. The standard InChI is InChI=1S/C10H17N5O4/c1-7(10(16)11-4-5-19-3)13-9-8(15(17)18)12-6-14(9)2/h6-7,13H,4-5H2,1-3H3,(H,11,16). The van der Waals surface area contributed by atoms with Crippen LogP contribution < -0.4 is 10.6 Å². The molecule has 9 heteroatoms. The molecule has 0 fully saturated rings. The SMILES string of the molecule is COCCNC(=O)C(C)Nc1c([N+](=O)[O-])ncn1C. The molecule has 9 nitrogen and oxygen atoms in total. The second-order valence-corrected chi connectivity index (χ2v) is 3.93. The van der Waals surface area contributed by atoms with Gasteiger partial charge in [0.15, 0.2) is 0 Å². The fraction of sp³-hybridized carbons (Fsp3) is 0.600. The normalized spacial score (nSPS) is 11.9. The Bertz CT molecular complexity index is 459. The van der Waals surface area contributed by atoms with Gasteiger partial charge in [-0.15, -0.1) is 0 Å². The number of nitro groups is 1. The lowest BCUT2D eigenvalue weighted by molar-refractivity contribution is -0.388. The molecule has 0 aliphatic carbocycles. The number of hydrogen-bond acceptors (Lipinski definition) is 6. The summed E-state index contributed by atoms with van der Waals surface area (Å²) in [5, 5.41) is 16.2. The molecule has 0 radical (unpaired) electrons. The molecule has 1 aromatic heterocycles. The second-order valence-electron chi connectivity index (χ2n) is 3.93. The van der Waals surface area contributed by atoms with E-state index in [9.17, 15) is 14.9 Å². The largest absolute Gasteiger partial charge is 0.406 e. The quantitative estimate of drug-likeness (QED) is 0.406. The van der Waals surface area contributed by atoms with E-state index < -0.39 is 11.0 Å². The van der Waals surface area contributed by atoms with Crippen LogP contribution in [0.4, 0.5) is 11.6 Å². The van der Waals surface area contributed by atoms with Gasteiger partial charge in [0.25, 0.3) is 0 Å². The Morgan fingerprint density at radius 2 is 2.37 bits per heavy atom. The number of rotatable bonds is 7. The van der Waals surface area contributed by atoms with Crippen LogP contribution in [-0.4, -0.2) is 46.7 Å². The zero-order valence-electron chi connectivity index (χ0n) is 11.0. The first-order chi connectivity index (χ1) is 8.97. The van der Waals surface area contributed by atoms with Crippen molar-refractivity contribution in [3.8, 4) is 0 Å². The van der Waals surface area contributed by atoms with Crippen LogP contribution in [0.3, 0.4) is 0 Å². The summed E-state index contributed by atoms with van der Waals surface area (Å²) in [4.78, 5) is 25.5. The highest BCUT2D eigenvalue weighted by molar-refractivity contribution is 5.84. The Kier molecular flexibility index (Phi) is 5.24. The van der Waals surface area contributed by atoms with Gasteiger partial charge in [-0.05, 0) is 16.8 Å². The molecule has 0 saturated heterocycles. The van der Waals surface area contributed by atoms with Gasteiger partial charge < -0.3 is 25.5 Å². The van der Waals surface area contributed by atoms with E-state index in [1.165, 1.54) is 18.0 Å². The number of aromatic nitrogens is 2. The third-order valence-electron chi connectivity index (χ3n) is 2.44. The summed E-state index contributed by atoms with van der Waals surface area (Å²) in [7, 11) is 3.14. The number of methoxy groups -OCH3 is 1. The van der Waals surface area contributed by atoms with Crippen molar-refractivity contribution in [1.29, 1.82) is 0 Å². The van der Waals surface area contributed by atoms with Crippen LogP contribution in [0.1, 0.15) is 6.92 Å². The fourth-order valence-corrected chi connectivity index (χ4v) is 1.42. The van der Waals surface area contributed by atoms with Gasteiger partial charge in [-0.2, -0.15) is 0 Å². The molecule has 0 aromatic carbocycles. The number of amides is 1. The predicted molar refractivity (Wildman–Crippen MR) is 67.8 cm³/mol. The van der Waals surface area contributed by atoms with Crippen molar-refractivity contribution < 1.29 is 14.5 Å². The number of ether oxygens (including phenoxy) is 1. The molecule has 1 atom stereocenters. The van der Waals surface area contributed by atoms with Crippen molar-refractivity contribution in [2.24, 2.45) is 7.05 Å². The van der Waals surface area contributed by atoms with Crippen molar-refractivity contribution in [1.82, 2.24) is 14.9 Å². The molecule has 0 saturated carbocycles. The van der Waals surface area contributed by atoms with Gasteiger partial charge in [0, 0.05) is 20.7 Å². The van der Waals surface area contributed by atoms with Crippen LogP contribution in [-0.2, 0) is 16.6 Å². The first-order valence-electron chi connectivity index (χ1n) is 5.66. The zero-order chi connectivity index (χ0) is 14.4. The number of carbonyl (C=O) groups is 1. The van der Waals surface area contributed by atoms with Crippen LogP contribution in [0.2, 0.25) is 0 Å². The molecule has 106 valence electrons. The summed E-state index contributed by atoms with van der Waals surface area (Å²) in [6.07, 6.45) is 1.32. The molecule has 1 heterocycles. The van der Waals surface area contributed by atoms with E-state index in [0.29, 0.717) is 13.2 Å². The molecule has 0 aliphatic heterocycles. The minimum absolute atomic E-state index is 0.194. The van der Waals surface area contributed by atoms with E-state index in [0.717, 1.165) is 0 Å². The smallest absolute Gasteiger partial charge is 0.383 e. The van der Waals surface area contributed by atoms with Crippen LogP contribution >= 0.6 is 0 Å². The molecule has 1 aromatic rings. The monoisotopic (exact) mass is 271 g/mol. The van der Waals surface area contributed by atoms with Gasteiger partial charge >= 0.3 is 5.82 Å². The Morgan fingerprint density at radius 3 is 2.95 bits per heavy atom. The van der Waals surface area contributed by atoms with Crippen LogP contribution in [0.5, 0.6) is 0 Å². The lowest BCUT2D eigenvalue weighted by Gasteiger charge is -2.14. The molecule has 1 unspecified atom stereocenters. The molecule has 1 amide bonds. The number of nitrogens with zero attached hydrogens (tertiary/aromatic N) is 3. The Morgan fingerprint density at radius 1 is 1.68 bits per heavy atom. The summed E-state index contributed by atoms with van der Waals surface area (Å²) in [5.74, 6) is -0.383. The van der Waals surface area contributed by atoms with Gasteiger partial charge in [-0.25, -0.2) is 0 Å². The summed E-state index contributed by atoms with van der Waals surface area (Å²) < 4.78 is 6.26. The fourth-order valence-electron chi connectivity index (χ4n) is 1.42. The van der Waals surface area contributed by atoms with Crippen LogP contribution in [0.25, 0.3) is 0 Å². The first-order valence-corrected chi connectivity index (χ1v) is 5.66. The first kappa shape index (κ1) is 14.9. The topological polar surface area (TPSA) is 111 Å². The van der Waals surface area contributed by atoms with Gasteiger partial charge in [-0.3, -0.25) is 9.36 Å². The summed E-state index contributed by atoms with van der Waals surface area (Å²) in [6, 6.07) is -0.619. The summed E-state index contributed by atoms with van der Waals surface area (Å²) in [6.45, 7) is 2.40. The Hall–Kier alpha value is -2.16. The Labute approximate surface area is 110 Å². The Balaban J connectivity index is 2.66. The molecule has 19 heavy (non-hydrogen) atoms. The number of nitrogens with one attached hydrogen (secondary N) is 2. The van der Waals surface area contributed by atoms with E-state index in [-0.39, 0.29) is 17.5 Å². The minimum Gasteiger partial charge on any atom is -0.383 e. The van der Waals surface area contributed by atoms with E-state index in [1.54, 1.807) is 14.0 Å². The van der Waals surface area contributed by atoms with E-state index in [1.807, 2.05) is 0 Å². The average molecular weight is 271 g/mol. The lowest BCUT2D eigenvalue weighted by atomic mass is 10.3. The van der Waals surface area contributed by atoms with Gasteiger partial charge in [0.1, 0.15) is 6.04 Å². The third-order valence-corrected chi connectivity index (χ3v) is 2.44. The van der Waals surface area contributed by atoms with Crippen LogP contribution in [0.15, 0.2) is 6.33 Å². The predicted octanol–water partition coefficient (Wildman–Crippen LogP) is -0.109.